The van der Waals surface area contributed by atoms with Gasteiger partial charge in [0, 0.05) is 13.7 Å². The summed E-state index contributed by atoms with van der Waals surface area (Å²) >= 11 is 0. The zero-order valence-corrected chi connectivity index (χ0v) is 13.0. The third-order valence-electron chi connectivity index (χ3n) is 3.31. The van der Waals surface area contributed by atoms with Gasteiger partial charge in [-0.25, -0.2) is 4.79 Å². The summed E-state index contributed by atoms with van der Waals surface area (Å²) in [4.78, 5) is 11.7. The summed E-state index contributed by atoms with van der Waals surface area (Å²) < 4.78 is 42.4. The number of rotatable bonds is 7. The van der Waals surface area contributed by atoms with Crippen molar-refractivity contribution in [3.63, 3.8) is 0 Å². The van der Waals surface area contributed by atoms with Crippen LogP contribution in [0.5, 0.6) is 0 Å². The van der Waals surface area contributed by atoms with Crippen molar-refractivity contribution in [3.8, 4) is 0 Å². The van der Waals surface area contributed by atoms with Crippen molar-refractivity contribution in [1.29, 1.82) is 0 Å². The molecule has 0 aliphatic carbocycles. The highest BCUT2D eigenvalue weighted by atomic mass is 19.4. The molecule has 5 nitrogen and oxygen atoms in total. The summed E-state index contributed by atoms with van der Waals surface area (Å²) in [6.07, 6.45) is -5.11. The number of urea groups is 1. The topological polar surface area (TPSA) is 70.6 Å². The Morgan fingerprint density at radius 3 is 2.39 bits per heavy atom. The van der Waals surface area contributed by atoms with E-state index in [0.29, 0.717) is 25.1 Å². The lowest BCUT2D eigenvalue weighted by Crippen LogP contribution is -2.45. The van der Waals surface area contributed by atoms with Crippen LogP contribution in [-0.4, -0.2) is 37.4 Å². The number of aliphatic hydroxyl groups is 1. The van der Waals surface area contributed by atoms with Crippen LogP contribution < -0.4 is 10.6 Å². The van der Waals surface area contributed by atoms with E-state index in [9.17, 15) is 23.1 Å². The van der Waals surface area contributed by atoms with Crippen molar-refractivity contribution in [2.75, 3.05) is 20.3 Å². The fraction of sp³-hybridized carbons (Fsp3) is 0.533. The number of aliphatic hydroxyl groups excluding tert-OH is 1. The van der Waals surface area contributed by atoms with Gasteiger partial charge in [0.25, 0.3) is 0 Å². The second-order valence-electron chi connectivity index (χ2n) is 4.97. The van der Waals surface area contributed by atoms with Crippen LogP contribution in [0, 0.1) is 0 Å². The van der Waals surface area contributed by atoms with Crippen molar-refractivity contribution in [2.45, 2.75) is 31.7 Å². The Labute approximate surface area is 132 Å². The molecule has 0 bridgehead atoms. The van der Waals surface area contributed by atoms with Gasteiger partial charge in [0.1, 0.15) is 0 Å². The van der Waals surface area contributed by atoms with Gasteiger partial charge in [0.15, 0.2) is 0 Å². The van der Waals surface area contributed by atoms with E-state index in [2.05, 4.69) is 10.6 Å². The normalized spacial score (nSPS) is 14.2. The third-order valence-corrected chi connectivity index (χ3v) is 3.31. The van der Waals surface area contributed by atoms with E-state index >= 15 is 0 Å². The number of alkyl halides is 3. The Balaban J connectivity index is 2.68. The lowest BCUT2D eigenvalue weighted by molar-refractivity contribution is -0.137. The van der Waals surface area contributed by atoms with Gasteiger partial charge in [-0.15, -0.1) is 0 Å². The summed E-state index contributed by atoms with van der Waals surface area (Å²) in [6.45, 7) is 2.42. The van der Waals surface area contributed by atoms with Gasteiger partial charge in [-0.05, 0) is 24.1 Å². The van der Waals surface area contributed by atoms with Gasteiger partial charge in [-0.2, -0.15) is 13.2 Å². The van der Waals surface area contributed by atoms with Crippen LogP contribution in [0.3, 0.4) is 0 Å². The number of carbonyl (C=O) groups excluding carboxylic acids is 1. The number of hydrogen-bond donors (Lipinski definition) is 3. The molecule has 0 aliphatic heterocycles. The molecule has 0 aliphatic rings. The summed E-state index contributed by atoms with van der Waals surface area (Å²) in [5, 5.41) is 15.4. The molecule has 1 aromatic carbocycles. The van der Waals surface area contributed by atoms with E-state index in [4.69, 9.17) is 4.74 Å². The van der Waals surface area contributed by atoms with E-state index in [0.717, 1.165) is 12.1 Å². The molecule has 8 heteroatoms. The molecule has 0 unspecified atom stereocenters. The number of carbonyl (C=O) groups is 1. The van der Waals surface area contributed by atoms with Crippen LogP contribution in [0.4, 0.5) is 18.0 Å². The molecular weight excluding hydrogens is 313 g/mol. The first-order valence-electron chi connectivity index (χ1n) is 7.18. The largest absolute Gasteiger partial charge is 0.416 e. The lowest BCUT2D eigenvalue weighted by Gasteiger charge is -2.23. The van der Waals surface area contributed by atoms with E-state index in [1.54, 1.807) is 6.92 Å². The molecule has 0 fully saturated rings. The highest BCUT2D eigenvalue weighted by Crippen LogP contribution is 2.30. The quantitative estimate of drug-likeness (QED) is 0.671. The molecule has 130 valence electrons. The second-order valence-corrected chi connectivity index (χ2v) is 4.97. The Morgan fingerprint density at radius 2 is 1.91 bits per heavy atom. The van der Waals surface area contributed by atoms with Crippen LogP contribution >= 0.6 is 0 Å². The predicted octanol–water partition coefficient (Wildman–Crippen LogP) is 2.46. The Bertz CT molecular complexity index is 492. The van der Waals surface area contributed by atoms with Crippen LogP contribution in [0.25, 0.3) is 0 Å². The van der Waals surface area contributed by atoms with Gasteiger partial charge in [-0.3, -0.25) is 0 Å². The lowest BCUT2D eigenvalue weighted by atomic mass is 9.99. The maximum atomic E-state index is 12.5. The summed E-state index contributed by atoms with van der Waals surface area (Å²) in [5.74, 6) is 0. The molecule has 0 heterocycles. The molecule has 0 radical (unpaired) electrons. The maximum absolute atomic E-state index is 12.5. The van der Waals surface area contributed by atoms with Crippen molar-refractivity contribution < 1.29 is 27.8 Å². The van der Waals surface area contributed by atoms with Crippen molar-refractivity contribution in [3.05, 3.63) is 35.4 Å². The fourth-order valence-electron chi connectivity index (χ4n) is 1.99. The van der Waals surface area contributed by atoms with Gasteiger partial charge in [0.2, 0.25) is 0 Å². The maximum Gasteiger partial charge on any atom is 0.416 e. The summed E-state index contributed by atoms with van der Waals surface area (Å²) in [5.41, 5.74) is -0.478. The van der Waals surface area contributed by atoms with Crippen LogP contribution in [0.1, 0.15) is 30.6 Å². The number of halogens is 3. The zero-order chi connectivity index (χ0) is 17.5. The number of ether oxygens (including phenoxy) is 1. The molecule has 2 atom stereocenters. The molecule has 2 amide bonds. The Morgan fingerprint density at radius 1 is 1.30 bits per heavy atom. The molecule has 23 heavy (non-hydrogen) atoms. The van der Waals surface area contributed by atoms with E-state index < -0.39 is 29.9 Å². The van der Waals surface area contributed by atoms with Crippen molar-refractivity contribution in [1.82, 2.24) is 10.6 Å². The number of benzene rings is 1. The van der Waals surface area contributed by atoms with Crippen molar-refractivity contribution in [2.24, 2.45) is 0 Å². The molecule has 1 rings (SSSR count). The minimum atomic E-state index is -4.42. The van der Waals surface area contributed by atoms with Gasteiger partial charge < -0.3 is 20.5 Å². The highest BCUT2D eigenvalue weighted by Gasteiger charge is 2.30. The van der Waals surface area contributed by atoms with Gasteiger partial charge >= 0.3 is 12.2 Å². The first-order valence-corrected chi connectivity index (χ1v) is 7.18. The van der Waals surface area contributed by atoms with E-state index in [-0.39, 0.29) is 0 Å². The number of hydrogen-bond acceptors (Lipinski definition) is 3. The molecule has 1 aromatic rings. The van der Waals surface area contributed by atoms with Gasteiger partial charge in [-0.1, -0.05) is 19.1 Å². The average Bonchev–Trinajstić information content (AvgIpc) is 2.51. The van der Waals surface area contributed by atoms with Gasteiger partial charge in [0.05, 0.1) is 24.3 Å². The molecular formula is C15H21F3N2O3. The predicted molar refractivity (Wildman–Crippen MR) is 78.9 cm³/mol. The standard InChI is InChI=1S/C15H21F3N2O3/c1-3-12(20-14(22)19-8-9-23-2)13(21)10-4-6-11(7-5-10)15(16,17)18/h4-7,12-13,21H,3,8-9H2,1-2H3,(H2,19,20,22)/t12-,13+/m0/s1. The molecule has 0 spiro atoms. The van der Waals surface area contributed by atoms with E-state index in [1.165, 1.54) is 19.2 Å². The van der Waals surface area contributed by atoms with Crippen molar-refractivity contribution >= 4 is 6.03 Å². The Hall–Kier alpha value is -1.80. The monoisotopic (exact) mass is 334 g/mol. The molecule has 3 N–H and O–H groups in total. The average molecular weight is 334 g/mol. The summed E-state index contributed by atoms with van der Waals surface area (Å²) in [6, 6.07) is 3.14. The first-order chi connectivity index (χ1) is 10.8. The minimum absolute atomic E-state index is 0.307. The SMILES string of the molecule is CC[C@H](NC(=O)NCCOC)[C@H](O)c1ccc(C(F)(F)F)cc1. The Kier molecular flexibility index (Phi) is 7.31. The molecule has 0 aromatic heterocycles. The van der Waals surface area contributed by atoms with Crippen LogP contribution in [0.2, 0.25) is 0 Å². The van der Waals surface area contributed by atoms with Crippen LogP contribution in [0.15, 0.2) is 24.3 Å². The highest BCUT2D eigenvalue weighted by molar-refractivity contribution is 5.74. The van der Waals surface area contributed by atoms with Crippen LogP contribution in [-0.2, 0) is 10.9 Å². The smallest absolute Gasteiger partial charge is 0.386 e. The van der Waals surface area contributed by atoms with E-state index in [1.807, 2.05) is 0 Å². The number of methoxy groups -OCH3 is 1. The number of amides is 2. The fourth-order valence-corrected chi connectivity index (χ4v) is 1.99. The third kappa shape index (κ3) is 6.07. The number of nitrogens with one attached hydrogen (secondary N) is 2. The molecule has 0 saturated heterocycles. The zero-order valence-electron chi connectivity index (χ0n) is 13.0. The minimum Gasteiger partial charge on any atom is -0.386 e. The first kappa shape index (κ1) is 19.2. The second kappa shape index (κ2) is 8.73. The molecule has 0 saturated carbocycles. The summed E-state index contributed by atoms with van der Waals surface area (Å²) in [7, 11) is 1.50.